The molecule has 0 aliphatic heterocycles. The van der Waals surface area contributed by atoms with Crippen molar-refractivity contribution >= 4 is 43.7 Å². The number of anilines is 1. The molecule has 0 radical (unpaired) electrons. The predicted octanol–water partition coefficient (Wildman–Crippen LogP) is 0.474. The van der Waals surface area contributed by atoms with Crippen LogP contribution in [0, 0.1) is 0 Å². The van der Waals surface area contributed by atoms with Crippen LogP contribution in [0.1, 0.15) is 11.8 Å². The molecule has 8 nitrogen and oxygen atoms in total. The predicted molar refractivity (Wildman–Crippen MR) is 75.2 cm³/mol. The quantitative estimate of drug-likeness (QED) is 0.743. The first-order valence-corrected chi connectivity index (χ1v) is 8.63. The van der Waals surface area contributed by atoms with Gasteiger partial charge in [0.05, 0.1) is 5.51 Å². The van der Waals surface area contributed by atoms with Crippen molar-refractivity contribution in [1.29, 1.82) is 0 Å². The highest BCUT2D eigenvalue weighted by molar-refractivity contribution is 7.91. The maximum Gasteiger partial charge on any atom is 0.269 e. The van der Waals surface area contributed by atoms with Crippen LogP contribution in [0.15, 0.2) is 16.0 Å². The molecule has 0 saturated heterocycles. The van der Waals surface area contributed by atoms with Crippen molar-refractivity contribution in [2.45, 2.75) is 17.7 Å². The zero-order valence-corrected chi connectivity index (χ0v) is 12.8. The van der Waals surface area contributed by atoms with E-state index in [9.17, 15) is 13.2 Å². The first-order chi connectivity index (χ1) is 9.47. The number of carbonyl (C=O) groups excluding carboxylic acids is 1. The molecule has 0 aromatic carbocycles. The van der Waals surface area contributed by atoms with Crippen molar-refractivity contribution in [1.82, 2.24) is 19.9 Å². The number of nitrogens with zero attached hydrogens (tertiary/aromatic N) is 3. The smallest absolute Gasteiger partial charge is 0.269 e. The van der Waals surface area contributed by atoms with Gasteiger partial charge in [-0.15, -0.1) is 21.5 Å². The van der Waals surface area contributed by atoms with Crippen molar-refractivity contribution in [2.75, 3.05) is 11.9 Å². The van der Waals surface area contributed by atoms with E-state index >= 15 is 0 Å². The molecule has 2 rings (SSSR count). The summed E-state index contributed by atoms with van der Waals surface area (Å²) >= 11 is 2.26. The fraction of sp³-hybridized carbons (Fsp3) is 0.333. The van der Waals surface area contributed by atoms with Gasteiger partial charge in [0.25, 0.3) is 10.0 Å². The van der Waals surface area contributed by atoms with E-state index in [2.05, 4.69) is 25.2 Å². The van der Waals surface area contributed by atoms with Crippen LogP contribution in [-0.2, 0) is 21.2 Å². The second-order valence-corrected chi connectivity index (χ2v) is 7.56. The maximum atomic E-state index is 11.9. The van der Waals surface area contributed by atoms with Gasteiger partial charge in [-0.3, -0.25) is 9.78 Å². The second kappa shape index (κ2) is 6.35. The molecule has 0 bridgehead atoms. The molecule has 0 aliphatic carbocycles. The largest absolute Gasteiger partial charge is 0.301 e. The molecule has 0 unspecified atom stereocenters. The lowest BCUT2D eigenvalue weighted by Gasteiger charge is -2.01. The molecular weight excluding hydrogens is 322 g/mol. The van der Waals surface area contributed by atoms with Crippen LogP contribution in [0.25, 0.3) is 0 Å². The minimum absolute atomic E-state index is 0.153. The summed E-state index contributed by atoms with van der Waals surface area (Å²) in [6, 6.07) is 0. The maximum absolute atomic E-state index is 11.9. The molecule has 0 saturated carbocycles. The van der Waals surface area contributed by atoms with Gasteiger partial charge in [-0.05, 0) is 6.42 Å². The molecule has 0 spiro atoms. The summed E-state index contributed by atoms with van der Waals surface area (Å²) in [5.74, 6) is -0.330. The molecule has 20 heavy (non-hydrogen) atoms. The van der Waals surface area contributed by atoms with Crippen molar-refractivity contribution in [3.05, 3.63) is 16.6 Å². The van der Waals surface area contributed by atoms with E-state index < -0.39 is 10.0 Å². The third-order valence-corrected chi connectivity index (χ3v) is 5.57. The van der Waals surface area contributed by atoms with E-state index in [1.807, 2.05) is 0 Å². The first kappa shape index (κ1) is 15.0. The summed E-state index contributed by atoms with van der Waals surface area (Å²) in [6.07, 6.45) is 2.25. The minimum Gasteiger partial charge on any atom is -0.301 e. The Morgan fingerprint density at radius 1 is 1.40 bits per heavy atom. The SMILES string of the molecule is CC(=O)Nc1nnc(S(=O)(=O)NCCc2cncs2)s1. The molecular formula is C9H11N5O3S3. The van der Waals surface area contributed by atoms with Crippen molar-refractivity contribution in [3.8, 4) is 0 Å². The van der Waals surface area contributed by atoms with Gasteiger partial charge in [-0.25, -0.2) is 13.1 Å². The van der Waals surface area contributed by atoms with Gasteiger partial charge in [-0.2, -0.15) is 0 Å². The zero-order valence-electron chi connectivity index (χ0n) is 10.4. The first-order valence-electron chi connectivity index (χ1n) is 5.45. The van der Waals surface area contributed by atoms with Crippen LogP contribution in [0.2, 0.25) is 0 Å². The fourth-order valence-corrected chi connectivity index (χ4v) is 3.87. The van der Waals surface area contributed by atoms with E-state index in [-0.39, 0.29) is 21.9 Å². The molecule has 0 fully saturated rings. The number of aromatic nitrogens is 3. The van der Waals surface area contributed by atoms with E-state index in [4.69, 9.17) is 0 Å². The highest BCUT2D eigenvalue weighted by Gasteiger charge is 2.20. The Labute approximate surface area is 123 Å². The summed E-state index contributed by atoms with van der Waals surface area (Å²) < 4.78 is 26.1. The molecule has 1 amide bonds. The Morgan fingerprint density at radius 3 is 2.85 bits per heavy atom. The minimum atomic E-state index is -3.70. The van der Waals surface area contributed by atoms with Crippen LogP contribution in [0.5, 0.6) is 0 Å². The van der Waals surface area contributed by atoms with Gasteiger partial charge < -0.3 is 5.32 Å². The molecule has 11 heteroatoms. The van der Waals surface area contributed by atoms with E-state index in [0.29, 0.717) is 6.42 Å². The third-order valence-electron chi connectivity index (χ3n) is 2.07. The monoisotopic (exact) mass is 333 g/mol. The van der Waals surface area contributed by atoms with E-state index in [0.717, 1.165) is 16.2 Å². The summed E-state index contributed by atoms with van der Waals surface area (Å²) in [5, 5.41) is 9.68. The average Bonchev–Trinajstić information content (AvgIpc) is 2.99. The van der Waals surface area contributed by atoms with Gasteiger partial charge in [0, 0.05) is 24.5 Å². The van der Waals surface area contributed by atoms with Gasteiger partial charge in [0.2, 0.25) is 15.4 Å². The molecule has 2 N–H and O–H groups in total. The zero-order chi connectivity index (χ0) is 14.6. The number of amides is 1. The van der Waals surface area contributed by atoms with Gasteiger partial charge in [0.15, 0.2) is 0 Å². The Balaban J connectivity index is 1.95. The molecule has 2 heterocycles. The van der Waals surface area contributed by atoms with Gasteiger partial charge in [-0.1, -0.05) is 11.3 Å². The number of thiazole rings is 1. The molecule has 0 aliphatic rings. The molecule has 108 valence electrons. The van der Waals surface area contributed by atoms with Crippen molar-refractivity contribution in [3.63, 3.8) is 0 Å². The van der Waals surface area contributed by atoms with Gasteiger partial charge in [0.1, 0.15) is 0 Å². The second-order valence-electron chi connectivity index (χ2n) is 3.67. The topological polar surface area (TPSA) is 114 Å². The number of nitrogens with one attached hydrogen (secondary N) is 2. The lowest BCUT2D eigenvalue weighted by Crippen LogP contribution is -2.25. The highest BCUT2D eigenvalue weighted by Crippen LogP contribution is 2.19. The van der Waals surface area contributed by atoms with Crippen LogP contribution in [0.3, 0.4) is 0 Å². The Kier molecular flexibility index (Phi) is 4.75. The number of rotatable bonds is 6. The summed E-state index contributed by atoms with van der Waals surface area (Å²) in [6.45, 7) is 1.56. The van der Waals surface area contributed by atoms with Gasteiger partial charge >= 0.3 is 0 Å². The Bertz CT molecular complexity index is 680. The van der Waals surface area contributed by atoms with Crippen molar-refractivity contribution < 1.29 is 13.2 Å². The van der Waals surface area contributed by atoms with Crippen LogP contribution >= 0.6 is 22.7 Å². The van der Waals surface area contributed by atoms with E-state index in [1.165, 1.54) is 18.3 Å². The normalized spacial score (nSPS) is 11.4. The lowest BCUT2D eigenvalue weighted by molar-refractivity contribution is -0.114. The summed E-state index contributed by atoms with van der Waals surface area (Å²) in [4.78, 5) is 15.7. The number of sulfonamides is 1. The number of hydrogen-bond acceptors (Lipinski definition) is 8. The van der Waals surface area contributed by atoms with Crippen LogP contribution < -0.4 is 10.0 Å². The van der Waals surface area contributed by atoms with E-state index in [1.54, 1.807) is 11.7 Å². The molecule has 2 aromatic rings. The van der Waals surface area contributed by atoms with Crippen molar-refractivity contribution in [2.24, 2.45) is 0 Å². The lowest BCUT2D eigenvalue weighted by atomic mass is 10.4. The Hall–Kier alpha value is -1.43. The fourth-order valence-electron chi connectivity index (χ4n) is 1.26. The van der Waals surface area contributed by atoms with Crippen LogP contribution in [0.4, 0.5) is 5.13 Å². The molecule has 2 aromatic heterocycles. The summed E-state index contributed by atoms with van der Waals surface area (Å²) in [7, 11) is -3.70. The number of hydrogen-bond donors (Lipinski definition) is 2. The third kappa shape index (κ3) is 4.03. The highest BCUT2D eigenvalue weighted by atomic mass is 32.2. The standard InChI is InChI=1S/C9H11N5O3S3/c1-6(15)12-8-13-14-9(19-8)20(16,17)11-3-2-7-4-10-5-18-7/h4-5,11H,2-3H2,1H3,(H,12,13,15). The average molecular weight is 333 g/mol. The number of carbonyl (C=O) groups is 1. The van der Waals surface area contributed by atoms with Crippen LogP contribution in [-0.4, -0.2) is 36.1 Å². The molecule has 0 atom stereocenters. The Morgan fingerprint density at radius 2 is 2.20 bits per heavy atom. The summed E-state index contributed by atoms with van der Waals surface area (Å²) in [5.41, 5.74) is 1.69.